The highest BCUT2D eigenvalue weighted by molar-refractivity contribution is 5.91. The van der Waals surface area contributed by atoms with E-state index in [9.17, 15) is 19.1 Å². The molecule has 0 radical (unpaired) electrons. The van der Waals surface area contributed by atoms with Gasteiger partial charge in [0.05, 0.1) is 0 Å². The van der Waals surface area contributed by atoms with Crippen LogP contribution in [0.15, 0.2) is 11.6 Å². The van der Waals surface area contributed by atoms with Gasteiger partial charge in [0.1, 0.15) is 12.8 Å². The van der Waals surface area contributed by atoms with E-state index in [1.807, 2.05) is 0 Å². The van der Waals surface area contributed by atoms with E-state index in [0.29, 0.717) is 30.6 Å². The van der Waals surface area contributed by atoms with E-state index in [-0.39, 0.29) is 35.4 Å². The first-order valence-corrected chi connectivity index (χ1v) is 9.47. The number of alkyl halides is 1. The summed E-state index contributed by atoms with van der Waals surface area (Å²) in [5.74, 6) is 1.40. The van der Waals surface area contributed by atoms with Gasteiger partial charge in [-0.1, -0.05) is 6.92 Å². The lowest BCUT2D eigenvalue weighted by Crippen LogP contribution is -2.49. The van der Waals surface area contributed by atoms with Gasteiger partial charge in [-0.2, -0.15) is 0 Å². The molecule has 0 unspecified atom stereocenters. The van der Waals surface area contributed by atoms with Crippen molar-refractivity contribution in [1.82, 2.24) is 0 Å². The monoisotopic (exact) mass is 334 g/mol. The molecule has 0 aromatic carbocycles. The van der Waals surface area contributed by atoms with Crippen LogP contribution in [0.5, 0.6) is 0 Å². The highest BCUT2D eigenvalue weighted by Gasteiger charge is 2.58. The van der Waals surface area contributed by atoms with Crippen LogP contribution >= 0.6 is 0 Å². The number of Topliss-reactive ketones (excluding diaryl/α,β-unsaturated/α-hetero) is 1. The van der Waals surface area contributed by atoms with E-state index >= 15 is 0 Å². The first-order chi connectivity index (χ1) is 11.5. The van der Waals surface area contributed by atoms with Crippen molar-refractivity contribution >= 4 is 11.6 Å². The molecule has 0 bridgehead atoms. The number of carbonyl (C=O) groups excluding carboxylic acids is 2. The largest absolute Gasteiger partial charge is 0.389 e. The molecule has 3 fully saturated rings. The van der Waals surface area contributed by atoms with Crippen LogP contribution in [0.2, 0.25) is 0 Å². The van der Waals surface area contributed by atoms with Crippen LogP contribution in [0, 0.1) is 35.0 Å². The molecule has 0 amide bonds. The fraction of sp³-hybridized carbons (Fsp3) is 0.800. The Bertz CT molecular complexity index is 598. The van der Waals surface area contributed by atoms with Gasteiger partial charge in [-0.05, 0) is 79.3 Å². The molecule has 0 heterocycles. The quantitative estimate of drug-likeness (QED) is 0.843. The van der Waals surface area contributed by atoms with Crippen LogP contribution in [-0.4, -0.2) is 29.5 Å². The van der Waals surface area contributed by atoms with E-state index in [1.54, 1.807) is 6.08 Å². The number of ketones is 2. The van der Waals surface area contributed by atoms with Crippen LogP contribution < -0.4 is 0 Å². The zero-order valence-corrected chi connectivity index (χ0v) is 14.3. The Labute approximate surface area is 142 Å². The molecule has 4 heteroatoms. The molecule has 3 nitrogen and oxygen atoms in total. The molecule has 4 aliphatic carbocycles. The Morgan fingerprint density at radius 2 is 2.08 bits per heavy atom. The van der Waals surface area contributed by atoms with Gasteiger partial charge in [0.2, 0.25) is 0 Å². The predicted molar refractivity (Wildman–Crippen MR) is 88.0 cm³/mol. The fourth-order valence-corrected chi connectivity index (χ4v) is 6.78. The van der Waals surface area contributed by atoms with E-state index in [4.69, 9.17) is 0 Å². The van der Waals surface area contributed by atoms with Gasteiger partial charge >= 0.3 is 0 Å². The summed E-state index contributed by atoms with van der Waals surface area (Å²) in [6.07, 6.45) is 6.30. The summed E-state index contributed by atoms with van der Waals surface area (Å²) in [4.78, 5) is 23.9. The lowest BCUT2D eigenvalue weighted by atomic mass is 9.51. The van der Waals surface area contributed by atoms with Gasteiger partial charge in [0.15, 0.2) is 11.6 Å². The minimum Gasteiger partial charge on any atom is -0.389 e. The number of carbonyl (C=O) groups is 2. The molecule has 3 saturated carbocycles. The molecule has 24 heavy (non-hydrogen) atoms. The lowest BCUT2D eigenvalue weighted by Gasteiger charge is -2.54. The number of aliphatic hydroxyl groups excluding tert-OH is 1. The minimum absolute atomic E-state index is 0.0325. The van der Waals surface area contributed by atoms with Gasteiger partial charge in [-0.25, -0.2) is 4.39 Å². The number of fused-ring (bicyclic) bond motifs is 5. The van der Waals surface area contributed by atoms with Crippen LogP contribution in [0.25, 0.3) is 0 Å². The number of aliphatic hydroxyl groups is 1. The molecule has 1 N–H and O–H groups in total. The molecule has 0 spiro atoms. The Balaban J connectivity index is 1.63. The Morgan fingerprint density at radius 3 is 2.83 bits per heavy atom. The first kappa shape index (κ1) is 16.4. The molecule has 132 valence electrons. The Morgan fingerprint density at radius 1 is 1.29 bits per heavy atom. The number of hydrogen-bond donors (Lipinski definition) is 1. The standard InChI is InChI=1S/C20H27FO3/c1-20-7-6-13-12-3-2-11(23)8-15(12)18(21)9-14(13)16(20)4-5-17(20)19(24)10-22/h8,12-14,16-18,22H,2-7,9-10H2,1H3/t12-,13-,14-,16+,17-,18-,20+/m1/s1. The number of halogens is 1. The van der Waals surface area contributed by atoms with Crippen molar-refractivity contribution in [2.75, 3.05) is 6.61 Å². The van der Waals surface area contributed by atoms with Crippen LogP contribution in [0.4, 0.5) is 4.39 Å². The van der Waals surface area contributed by atoms with Crippen molar-refractivity contribution in [3.63, 3.8) is 0 Å². The topological polar surface area (TPSA) is 54.4 Å². The summed E-state index contributed by atoms with van der Waals surface area (Å²) >= 11 is 0. The Kier molecular flexibility index (Phi) is 3.94. The van der Waals surface area contributed by atoms with Crippen molar-refractivity contribution in [1.29, 1.82) is 0 Å². The number of hydrogen-bond acceptors (Lipinski definition) is 3. The molecule has 0 aromatic rings. The van der Waals surface area contributed by atoms with Crippen molar-refractivity contribution < 1.29 is 19.1 Å². The second-order valence-corrected chi connectivity index (χ2v) is 8.69. The van der Waals surface area contributed by atoms with Gasteiger partial charge in [-0.15, -0.1) is 0 Å². The van der Waals surface area contributed by atoms with E-state index in [2.05, 4.69) is 6.92 Å². The highest BCUT2D eigenvalue weighted by Crippen LogP contribution is 2.63. The van der Waals surface area contributed by atoms with E-state index in [0.717, 1.165) is 37.7 Å². The second kappa shape index (κ2) is 5.76. The molecule has 0 aliphatic heterocycles. The summed E-state index contributed by atoms with van der Waals surface area (Å²) in [5, 5.41) is 9.30. The van der Waals surface area contributed by atoms with Gasteiger partial charge < -0.3 is 5.11 Å². The molecule has 4 aliphatic rings. The molecule has 0 saturated heterocycles. The number of rotatable bonds is 2. The average molecular weight is 334 g/mol. The molecular formula is C20H27FO3. The normalized spacial score (nSPS) is 47.5. The third-order valence-electron chi connectivity index (χ3n) is 7.85. The summed E-state index contributed by atoms with van der Waals surface area (Å²) < 4.78 is 14.8. The van der Waals surface area contributed by atoms with Crippen molar-refractivity contribution in [3.05, 3.63) is 11.6 Å². The zero-order chi connectivity index (χ0) is 17.1. The number of allylic oxidation sites excluding steroid dienone is 1. The molecule has 4 rings (SSSR count). The summed E-state index contributed by atoms with van der Waals surface area (Å²) in [5.41, 5.74) is 0.684. The third-order valence-corrected chi connectivity index (χ3v) is 7.85. The molecule has 7 atom stereocenters. The molecule has 0 aromatic heterocycles. The average Bonchev–Trinajstić information content (AvgIpc) is 2.92. The smallest absolute Gasteiger partial charge is 0.161 e. The minimum atomic E-state index is -0.990. The van der Waals surface area contributed by atoms with E-state index < -0.39 is 6.17 Å². The van der Waals surface area contributed by atoms with Gasteiger partial charge in [-0.3, -0.25) is 9.59 Å². The van der Waals surface area contributed by atoms with Gasteiger partial charge in [0, 0.05) is 12.3 Å². The van der Waals surface area contributed by atoms with Crippen LogP contribution in [0.1, 0.15) is 51.9 Å². The summed E-state index contributed by atoms with van der Waals surface area (Å²) in [6.45, 7) is 1.83. The zero-order valence-electron chi connectivity index (χ0n) is 14.3. The second-order valence-electron chi connectivity index (χ2n) is 8.69. The SMILES string of the molecule is C[C@]12CC[C@H]3[C@@H](C[C@@H](F)C4=CC(=O)CC[C@@H]43)[C@@H]1CC[C@@H]2C(=O)CO. The third kappa shape index (κ3) is 2.25. The van der Waals surface area contributed by atoms with Crippen molar-refractivity contribution in [2.45, 2.75) is 58.0 Å². The van der Waals surface area contributed by atoms with E-state index in [1.165, 1.54) is 0 Å². The van der Waals surface area contributed by atoms with Crippen molar-refractivity contribution in [2.24, 2.45) is 35.0 Å². The molecular weight excluding hydrogens is 307 g/mol. The predicted octanol–water partition coefficient (Wildman–Crippen LogP) is 3.25. The van der Waals surface area contributed by atoms with Gasteiger partial charge in [0.25, 0.3) is 0 Å². The maximum atomic E-state index is 14.8. The summed E-state index contributed by atoms with van der Waals surface area (Å²) in [7, 11) is 0. The van der Waals surface area contributed by atoms with Crippen LogP contribution in [0.3, 0.4) is 0 Å². The summed E-state index contributed by atoms with van der Waals surface area (Å²) in [6, 6.07) is 0. The van der Waals surface area contributed by atoms with Crippen molar-refractivity contribution in [3.8, 4) is 0 Å². The Hall–Kier alpha value is -1.03. The lowest BCUT2D eigenvalue weighted by molar-refractivity contribution is -0.132. The van der Waals surface area contributed by atoms with Crippen LogP contribution in [-0.2, 0) is 9.59 Å². The highest BCUT2D eigenvalue weighted by atomic mass is 19.1. The maximum Gasteiger partial charge on any atom is 0.161 e. The maximum absolute atomic E-state index is 14.8. The first-order valence-electron chi connectivity index (χ1n) is 9.47. The fourth-order valence-electron chi connectivity index (χ4n) is 6.78.